The van der Waals surface area contributed by atoms with Crippen LogP contribution in [0.3, 0.4) is 0 Å². The van der Waals surface area contributed by atoms with Gasteiger partial charge in [-0.2, -0.15) is 4.98 Å². The summed E-state index contributed by atoms with van der Waals surface area (Å²) < 4.78 is 8.72. The third-order valence-corrected chi connectivity index (χ3v) is 7.57. The molecule has 9 nitrogen and oxygen atoms in total. The fourth-order valence-electron chi connectivity index (χ4n) is 4.68. The van der Waals surface area contributed by atoms with Gasteiger partial charge in [0, 0.05) is 63.5 Å². The maximum Gasteiger partial charge on any atom is 0.228 e. The van der Waals surface area contributed by atoms with E-state index in [2.05, 4.69) is 24.7 Å². The highest BCUT2D eigenvalue weighted by Crippen LogP contribution is 2.33. The van der Waals surface area contributed by atoms with Crippen LogP contribution in [0.2, 0.25) is 0 Å². The normalized spacial score (nSPS) is 17.8. The Bertz CT molecular complexity index is 1170. The van der Waals surface area contributed by atoms with E-state index in [1.165, 1.54) is 5.56 Å². The second-order valence-corrected chi connectivity index (χ2v) is 10.3. The van der Waals surface area contributed by atoms with Gasteiger partial charge in [-0.3, -0.25) is 14.3 Å². The smallest absolute Gasteiger partial charge is 0.228 e. The third kappa shape index (κ3) is 4.54. The standard InChI is InChI=1S/C24H33N7O2S/c1-16(2)23(32)29-7-5-28(6-8-29)14-19-15-34-21-20(19)26-24(30-9-11-33-12-10-30)27-22(21)31-13-17(3)25-18(31)4/h13,15-16H,5-12,14H2,1-4H3. The molecule has 2 aliphatic heterocycles. The lowest BCUT2D eigenvalue weighted by molar-refractivity contribution is -0.136. The minimum absolute atomic E-state index is 0.0522. The van der Waals surface area contributed by atoms with E-state index in [4.69, 9.17) is 14.7 Å². The van der Waals surface area contributed by atoms with Crippen LogP contribution >= 0.6 is 11.3 Å². The average molecular weight is 484 g/mol. The van der Waals surface area contributed by atoms with Gasteiger partial charge >= 0.3 is 0 Å². The first-order valence-electron chi connectivity index (χ1n) is 12.1. The Labute approximate surface area is 204 Å². The summed E-state index contributed by atoms with van der Waals surface area (Å²) in [4.78, 5) is 33.7. The molecule has 182 valence electrons. The van der Waals surface area contributed by atoms with Crippen molar-refractivity contribution in [2.24, 2.45) is 5.92 Å². The van der Waals surface area contributed by atoms with Crippen molar-refractivity contribution in [3.63, 3.8) is 0 Å². The fourth-order valence-corrected chi connectivity index (χ4v) is 5.67. The highest BCUT2D eigenvalue weighted by Gasteiger charge is 2.25. The van der Waals surface area contributed by atoms with Crippen LogP contribution in [0.15, 0.2) is 11.6 Å². The lowest BCUT2D eigenvalue weighted by atomic mass is 10.1. The van der Waals surface area contributed by atoms with Gasteiger partial charge in [-0.1, -0.05) is 13.8 Å². The Kier molecular flexibility index (Phi) is 6.54. The van der Waals surface area contributed by atoms with E-state index in [0.717, 1.165) is 79.3 Å². The number of piperazine rings is 1. The van der Waals surface area contributed by atoms with E-state index in [-0.39, 0.29) is 11.8 Å². The second kappa shape index (κ2) is 9.59. The highest BCUT2D eigenvalue weighted by atomic mass is 32.1. The number of thiophene rings is 1. The molecule has 0 bridgehead atoms. The number of morpholine rings is 1. The number of aromatic nitrogens is 4. The van der Waals surface area contributed by atoms with Crippen molar-refractivity contribution in [1.82, 2.24) is 29.3 Å². The number of amides is 1. The molecular weight excluding hydrogens is 450 g/mol. The molecule has 3 aromatic rings. The zero-order valence-electron chi connectivity index (χ0n) is 20.5. The molecule has 2 saturated heterocycles. The fraction of sp³-hybridized carbons (Fsp3) is 0.583. The number of hydrogen-bond acceptors (Lipinski definition) is 8. The Hall–Kier alpha value is -2.56. The Balaban J connectivity index is 1.46. The predicted molar refractivity (Wildman–Crippen MR) is 134 cm³/mol. The quantitative estimate of drug-likeness (QED) is 0.552. The first-order valence-corrected chi connectivity index (χ1v) is 12.9. The van der Waals surface area contributed by atoms with Crippen LogP contribution in [0.1, 0.15) is 30.9 Å². The number of anilines is 1. The number of nitrogens with zero attached hydrogens (tertiary/aromatic N) is 7. The van der Waals surface area contributed by atoms with Crippen molar-refractivity contribution in [1.29, 1.82) is 0 Å². The number of hydrogen-bond donors (Lipinski definition) is 0. The minimum Gasteiger partial charge on any atom is -0.378 e. The molecule has 34 heavy (non-hydrogen) atoms. The van der Waals surface area contributed by atoms with Crippen LogP contribution in [0.25, 0.3) is 16.0 Å². The number of fused-ring (bicyclic) bond motifs is 1. The molecule has 0 atom stereocenters. The van der Waals surface area contributed by atoms with Gasteiger partial charge in [-0.05, 0) is 19.2 Å². The SMILES string of the molecule is Cc1cn(-c2nc(N3CCOCC3)nc3c(CN4CCN(C(=O)C(C)C)CC4)csc23)c(C)n1. The molecule has 2 aliphatic rings. The van der Waals surface area contributed by atoms with Crippen LogP contribution < -0.4 is 4.90 Å². The predicted octanol–water partition coefficient (Wildman–Crippen LogP) is 2.63. The van der Waals surface area contributed by atoms with E-state index in [1.54, 1.807) is 11.3 Å². The van der Waals surface area contributed by atoms with Gasteiger partial charge in [0.1, 0.15) is 5.82 Å². The van der Waals surface area contributed by atoms with E-state index in [9.17, 15) is 4.79 Å². The van der Waals surface area contributed by atoms with Gasteiger partial charge in [0.15, 0.2) is 5.82 Å². The summed E-state index contributed by atoms with van der Waals surface area (Å²) in [5.41, 5.74) is 3.21. The van der Waals surface area contributed by atoms with Gasteiger partial charge in [0.2, 0.25) is 11.9 Å². The van der Waals surface area contributed by atoms with Crippen molar-refractivity contribution in [3.8, 4) is 5.82 Å². The zero-order valence-corrected chi connectivity index (χ0v) is 21.3. The van der Waals surface area contributed by atoms with Crippen LogP contribution in [-0.2, 0) is 16.1 Å². The number of aryl methyl sites for hydroxylation is 2. The van der Waals surface area contributed by atoms with Gasteiger partial charge in [0.25, 0.3) is 0 Å². The molecule has 3 aromatic heterocycles. The molecule has 0 radical (unpaired) electrons. The number of carbonyl (C=O) groups is 1. The molecule has 0 unspecified atom stereocenters. The largest absolute Gasteiger partial charge is 0.378 e. The van der Waals surface area contributed by atoms with Crippen LogP contribution in [0, 0.1) is 19.8 Å². The van der Waals surface area contributed by atoms with E-state index in [0.29, 0.717) is 13.2 Å². The first kappa shape index (κ1) is 23.2. The van der Waals surface area contributed by atoms with Crippen molar-refractivity contribution < 1.29 is 9.53 Å². The molecule has 5 heterocycles. The minimum atomic E-state index is 0.0522. The first-order chi connectivity index (χ1) is 16.4. The van der Waals surface area contributed by atoms with E-state index in [1.807, 2.05) is 38.8 Å². The molecule has 1 amide bonds. The zero-order chi connectivity index (χ0) is 23.8. The molecule has 2 fully saturated rings. The summed E-state index contributed by atoms with van der Waals surface area (Å²) in [5.74, 6) is 2.87. The van der Waals surface area contributed by atoms with Crippen LogP contribution in [-0.4, -0.2) is 87.7 Å². The Morgan fingerprint density at radius 1 is 1.06 bits per heavy atom. The van der Waals surface area contributed by atoms with Crippen molar-refractivity contribution in [2.45, 2.75) is 34.2 Å². The Morgan fingerprint density at radius 3 is 2.44 bits per heavy atom. The average Bonchev–Trinajstić information content (AvgIpc) is 3.40. The van der Waals surface area contributed by atoms with Crippen molar-refractivity contribution >= 4 is 33.4 Å². The van der Waals surface area contributed by atoms with Crippen LogP contribution in [0.5, 0.6) is 0 Å². The van der Waals surface area contributed by atoms with Gasteiger partial charge in [0.05, 0.1) is 29.1 Å². The molecule has 0 aliphatic carbocycles. The summed E-state index contributed by atoms with van der Waals surface area (Å²) >= 11 is 1.70. The monoisotopic (exact) mass is 483 g/mol. The van der Waals surface area contributed by atoms with Gasteiger partial charge in [-0.25, -0.2) is 9.97 Å². The molecule has 5 rings (SSSR count). The second-order valence-electron chi connectivity index (χ2n) is 9.44. The lowest BCUT2D eigenvalue weighted by Gasteiger charge is -2.35. The molecular formula is C24H33N7O2S. The van der Waals surface area contributed by atoms with Crippen molar-refractivity contribution in [3.05, 3.63) is 28.7 Å². The molecule has 0 spiro atoms. The molecule has 0 N–H and O–H groups in total. The Morgan fingerprint density at radius 2 is 1.79 bits per heavy atom. The summed E-state index contributed by atoms with van der Waals surface area (Å²) in [5, 5.41) is 2.22. The molecule has 10 heteroatoms. The topological polar surface area (TPSA) is 79.6 Å². The van der Waals surface area contributed by atoms with Crippen LogP contribution in [0.4, 0.5) is 5.95 Å². The maximum atomic E-state index is 12.4. The molecule has 0 aromatic carbocycles. The summed E-state index contributed by atoms with van der Waals surface area (Å²) in [6.07, 6.45) is 2.05. The summed E-state index contributed by atoms with van der Waals surface area (Å²) in [6, 6.07) is 0. The number of carbonyl (C=O) groups excluding carboxylic acids is 1. The van der Waals surface area contributed by atoms with Gasteiger partial charge in [-0.15, -0.1) is 11.3 Å². The van der Waals surface area contributed by atoms with E-state index < -0.39 is 0 Å². The van der Waals surface area contributed by atoms with Gasteiger partial charge < -0.3 is 14.5 Å². The maximum absolute atomic E-state index is 12.4. The number of ether oxygens (including phenoxy) is 1. The summed E-state index contributed by atoms with van der Waals surface area (Å²) in [7, 11) is 0. The van der Waals surface area contributed by atoms with Crippen molar-refractivity contribution in [2.75, 3.05) is 57.4 Å². The molecule has 0 saturated carbocycles. The lowest BCUT2D eigenvalue weighted by Crippen LogP contribution is -2.49. The summed E-state index contributed by atoms with van der Waals surface area (Å²) in [6.45, 7) is 15.1. The third-order valence-electron chi connectivity index (χ3n) is 6.56. The number of imidazole rings is 1. The number of rotatable bonds is 5. The highest BCUT2D eigenvalue weighted by molar-refractivity contribution is 7.17. The van der Waals surface area contributed by atoms with E-state index >= 15 is 0 Å².